The Balaban J connectivity index is 0.00000320. The average Bonchev–Trinajstić information content (AvgIpc) is 3.28. The van der Waals surface area contributed by atoms with Gasteiger partial charge in [-0.1, -0.05) is 18.2 Å². The number of hydrogen-bond acceptors (Lipinski definition) is 3. The molecule has 1 aliphatic carbocycles. The van der Waals surface area contributed by atoms with Crippen molar-refractivity contribution in [2.24, 2.45) is 4.99 Å². The summed E-state index contributed by atoms with van der Waals surface area (Å²) in [5.41, 5.74) is -1.44. The predicted molar refractivity (Wildman–Crippen MR) is 113 cm³/mol. The zero-order valence-corrected chi connectivity index (χ0v) is 18.8. The molecule has 30 heavy (non-hydrogen) atoms. The molecule has 0 amide bonds. The summed E-state index contributed by atoms with van der Waals surface area (Å²) < 4.78 is 76.7. The largest absolute Gasteiger partial charge is 0.434 e. The second kappa shape index (κ2) is 9.28. The number of aliphatic imine (C=N–C) groups is 1. The first-order chi connectivity index (χ1) is 13.5. The molecule has 1 saturated carbocycles. The van der Waals surface area contributed by atoms with Gasteiger partial charge in [0.1, 0.15) is 5.01 Å². The molecule has 0 radical (unpaired) electrons. The van der Waals surface area contributed by atoms with Gasteiger partial charge in [0.15, 0.2) is 11.7 Å². The Morgan fingerprint density at radius 1 is 1.13 bits per heavy atom. The van der Waals surface area contributed by atoms with E-state index in [0.29, 0.717) is 18.1 Å². The van der Waals surface area contributed by atoms with Crippen LogP contribution in [0.5, 0.6) is 0 Å². The molecule has 1 fully saturated rings. The van der Waals surface area contributed by atoms with E-state index < -0.39 is 29.0 Å². The molecular weight excluding hydrogens is 545 g/mol. The van der Waals surface area contributed by atoms with Crippen molar-refractivity contribution < 1.29 is 26.3 Å². The Hall–Kier alpha value is -1.57. The Bertz CT molecular complexity index is 889. The van der Waals surface area contributed by atoms with Crippen LogP contribution in [0.1, 0.15) is 34.7 Å². The second-order valence-corrected chi connectivity index (χ2v) is 7.71. The first kappa shape index (κ1) is 24.7. The highest BCUT2D eigenvalue weighted by Crippen LogP contribution is 2.48. The molecule has 0 saturated heterocycles. The summed E-state index contributed by atoms with van der Waals surface area (Å²) in [7, 11) is 1.50. The Morgan fingerprint density at radius 3 is 2.37 bits per heavy atom. The number of hydrogen-bond donors (Lipinski definition) is 2. The van der Waals surface area contributed by atoms with E-state index >= 15 is 0 Å². The number of nitrogens with one attached hydrogen (secondary N) is 2. The molecule has 3 rings (SSSR count). The Kier molecular flexibility index (Phi) is 7.64. The van der Waals surface area contributed by atoms with Gasteiger partial charge in [-0.2, -0.15) is 26.3 Å². The maximum atomic E-state index is 13.0. The van der Waals surface area contributed by atoms with Crippen LogP contribution < -0.4 is 10.6 Å². The molecule has 1 aromatic carbocycles. The molecule has 0 unspecified atom stereocenters. The van der Waals surface area contributed by atoms with E-state index in [2.05, 4.69) is 20.6 Å². The van der Waals surface area contributed by atoms with Crippen LogP contribution in [0.4, 0.5) is 26.3 Å². The lowest BCUT2D eigenvalue weighted by Crippen LogP contribution is -2.41. The highest BCUT2D eigenvalue weighted by atomic mass is 127. The standard InChI is InChI=1S/C18H18F6N4S.HI/c1-25-15(26-8-14-28-13(9-29-14)18(22,23)24)27-10-16(5-6-16)11-3-2-4-12(7-11)17(19,20)21;/h2-4,7,9H,5-6,8,10H2,1H3,(H2,25,26,27);1H. The molecule has 4 nitrogen and oxygen atoms in total. The Labute approximate surface area is 190 Å². The minimum atomic E-state index is -4.49. The fraction of sp³-hybridized carbons (Fsp3) is 0.444. The van der Waals surface area contributed by atoms with Gasteiger partial charge >= 0.3 is 12.4 Å². The molecule has 0 atom stereocenters. The Morgan fingerprint density at radius 2 is 1.83 bits per heavy atom. The van der Waals surface area contributed by atoms with Gasteiger partial charge in [0.2, 0.25) is 0 Å². The molecule has 2 aromatic rings. The number of benzene rings is 1. The lowest BCUT2D eigenvalue weighted by atomic mass is 9.94. The number of halogens is 7. The molecule has 12 heteroatoms. The summed E-state index contributed by atoms with van der Waals surface area (Å²) in [6, 6.07) is 5.27. The molecular formula is C18H19F6IN4S. The number of thiazole rings is 1. The third-order valence-electron chi connectivity index (χ3n) is 4.72. The van der Waals surface area contributed by atoms with E-state index in [1.165, 1.54) is 19.2 Å². The minimum absolute atomic E-state index is 0. The smallest absolute Gasteiger partial charge is 0.356 e. The number of aromatic nitrogens is 1. The van der Waals surface area contributed by atoms with Gasteiger partial charge in [0.05, 0.1) is 12.1 Å². The number of rotatable bonds is 5. The van der Waals surface area contributed by atoms with E-state index in [1.54, 1.807) is 6.07 Å². The SMILES string of the molecule is CN=C(NCc1nc(C(F)(F)F)cs1)NCC1(c2cccc(C(F)(F)F)c2)CC1.I. The van der Waals surface area contributed by atoms with Crippen LogP contribution in [0.25, 0.3) is 0 Å². The topological polar surface area (TPSA) is 49.3 Å². The predicted octanol–water partition coefficient (Wildman–Crippen LogP) is 5.20. The highest BCUT2D eigenvalue weighted by Gasteiger charge is 2.45. The van der Waals surface area contributed by atoms with E-state index in [0.717, 1.165) is 35.6 Å². The van der Waals surface area contributed by atoms with Crippen molar-refractivity contribution in [1.82, 2.24) is 15.6 Å². The van der Waals surface area contributed by atoms with Crippen LogP contribution >= 0.6 is 35.3 Å². The van der Waals surface area contributed by atoms with Crippen molar-refractivity contribution in [3.63, 3.8) is 0 Å². The van der Waals surface area contributed by atoms with Crippen molar-refractivity contribution in [2.45, 2.75) is 37.2 Å². The van der Waals surface area contributed by atoms with Gasteiger partial charge in [-0.15, -0.1) is 35.3 Å². The quantitative estimate of drug-likeness (QED) is 0.228. The van der Waals surface area contributed by atoms with Gasteiger partial charge < -0.3 is 10.6 Å². The minimum Gasteiger partial charge on any atom is -0.356 e. The van der Waals surface area contributed by atoms with Gasteiger partial charge in [0, 0.05) is 24.4 Å². The molecule has 0 bridgehead atoms. The summed E-state index contributed by atoms with van der Waals surface area (Å²) in [6.45, 7) is 0.413. The van der Waals surface area contributed by atoms with E-state index in [1.807, 2.05) is 0 Å². The zero-order valence-electron chi connectivity index (χ0n) is 15.7. The number of nitrogens with zero attached hydrogens (tertiary/aromatic N) is 2. The lowest BCUT2D eigenvalue weighted by Gasteiger charge is -2.20. The van der Waals surface area contributed by atoms with Crippen molar-refractivity contribution in [3.8, 4) is 0 Å². The van der Waals surface area contributed by atoms with Crippen LogP contribution in [0, 0.1) is 0 Å². The third kappa shape index (κ3) is 5.99. The van der Waals surface area contributed by atoms with Crippen molar-refractivity contribution in [3.05, 3.63) is 51.5 Å². The van der Waals surface area contributed by atoms with Gasteiger partial charge in [-0.3, -0.25) is 4.99 Å². The monoisotopic (exact) mass is 564 g/mol. The van der Waals surface area contributed by atoms with Crippen LogP contribution in [-0.2, 0) is 24.3 Å². The molecule has 0 spiro atoms. The fourth-order valence-electron chi connectivity index (χ4n) is 2.90. The van der Waals surface area contributed by atoms with E-state index in [-0.39, 0.29) is 35.5 Å². The lowest BCUT2D eigenvalue weighted by molar-refractivity contribution is -0.141. The van der Waals surface area contributed by atoms with Crippen molar-refractivity contribution in [2.75, 3.05) is 13.6 Å². The van der Waals surface area contributed by atoms with Crippen molar-refractivity contribution in [1.29, 1.82) is 0 Å². The van der Waals surface area contributed by atoms with Crippen LogP contribution in [0.2, 0.25) is 0 Å². The third-order valence-corrected chi connectivity index (χ3v) is 5.57. The summed E-state index contributed by atoms with van der Waals surface area (Å²) in [4.78, 5) is 7.54. The molecule has 0 aliphatic heterocycles. The first-order valence-electron chi connectivity index (χ1n) is 8.67. The molecule has 2 N–H and O–H groups in total. The van der Waals surface area contributed by atoms with Gasteiger partial charge in [-0.25, -0.2) is 4.98 Å². The second-order valence-electron chi connectivity index (χ2n) is 6.76. The van der Waals surface area contributed by atoms with Gasteiger partial charge in [0.25, 0.3) is 0 Å². The fourth-order valence-corrected chi connectivity index (χ4v) is 3.64. The molecule has 166 valence electrons. The van der Waals surface area contributed by atoms with Crippen molar-refractivity contribution >= 4 is 41.3 Å². The summed E-state index contributed by atoms with van der Waals surface area (Å²) >= 11 is 0.883. The zero-order chi connectivity index (χ0) is 21.3. The van der Waals surface area contributed by atoms with Crippen LogP contribution in [-0.4, -0.2) is 24.5 Å². The molecule has 1 heterocycles. The average molecular weight is 564 g/mol. The van der Waals surface area contributed by atoms with Gasteiger partial charge in [-0.05, 0) is 24.5 Å². The van der Waals surface area contributed by atoms with E-state index in [9.17, 15) is 26.3 Å². The highest BCUT2D eigenvalue weighted by molar-refractivity contribution is 14.0. The summed E-state index contributed by atoms with van der Waals surface area (Å²) in [5, 5.41) is 7.12. The maximum Gasteiger partial charge on any atom is 0.434 e. The number of alkyl halides is 6. The van der Waals surface area contributed by atoms with E-state index in [4.69, 9.17) is 0 Å². The first-order valence-corrected chi connectivity index (χ1v) is 9.55. The van der Waals surface area contributed by atoms with Crippen LogP contribution in [0.15, 0.2) is 34.6 Å². The normalized spacial score (nSPS) is 16.0. The summed E-state index contributed by atoms with van der Waals surface area (Å²) in [6.07, 6.45) is -7.42. The molecule has 1 aromatic heterocycles. The van der Waals surface area contributed by atoms with Crippen LogP contribution in [0.3, 0.4) is 0 Å². The molecule has 1 aliphatic rings. The number of guanidine groups is 1. The maximum absolute atomic E-state index is 13.0. The summed E-state index contributed by atoms with van der Waals surface area (Å²) in [5.74, 6) is 0.340.